The molecule has 11 heteroatoms. The molecule has 0 saturated heterocycles. The molecule has 4 heterocycles. The number of fused-ring (bicyclic) bond motifs is 1. The molecular formula is C27H23N9S2. The highest BCUT2D eigenvalue weighted by Crippen LogP contribution is 2.41. The van der Waals surface area contributed by atoms with Crippen LogP contribution in [0.5, 0.6) is 0 Å². The number of nitrogens with one attached hydrogen (secondary N) is 4. The van der Waals surface area contributed by atoms with E-state index >= 15 is 0 Å². The summed E-state index contributed by atoms with van der Waals surface area (Å²) >= 11 is 3.18. The van der Waals surface area contributed by atoms with Crippen LogP contribution in [-0.2, 0) is 0 Å². The van der Waals surface area contributed by atoms with E-state index in [1.807, 2.05) is 73.1 Å². The third-order valence-corrected chi connectivity index (χ3v) is 7.91. The molecule has 0 radical (unpaired) electrons. The highest BCUT2D eigenvalue weighted by atomic mass is 32.2. The normalized spacial score (nSPS) is 11.1. The minimum absolute atomic E-state index is 0.572. The molecule has 2 aromatic heterocycles. The number of hydrogen-bond donors (Lipinski definition) is 6. The first-order chi connectivity index (χ1) is 18.7. The molecule has 0 amide bonds. The van der Waals surface area contributed by atoms with Gasteiger partial charge in [-0.05, 0) is 24.3 Å². The zero-order valence-electron chi connectivity index (χ0n) is 20.0. The number of hydrogen-bond acceptors (Lipinski definition) is 9. The van der Waals surface area contributed by atoms with Gasteiger partial charge in [-0.2, -0.15) is 0 Å². The summed E-state index contributed by atoms with van der Waals surface area (Å²) in [7, 11) is 0. The number of nitrogen functional groups attached to an aromatic ring is 2. The molecule has 0 saturated carbocycles. The van der Waals surface area contributed by atoms with Crippen LogP contribution in [-0.4, -0.2) is 24.9 Å². The maximum Gasteiger partial charge on any atom is 0.143 e. The largest absolute Gasteiger partial charge is 0.395 e. The number of aromatic nitrogens is 5. The topological polar surface area (TPSA) is 146 Å². The maximum atomic E-state index is 6.45. The van der Waals surface area contributed by atoms with Crippen molar-refractivity contribution in [3.05, 3.63) is 91.8 Å². The van der Waals surface area contributed by atoms with Gasteiger partial charge in [-0.3, -0.25) is 4.98 Å². The number of H-pyrrole nitrogens is 2. The average Bonchev–Trinajstić information content (AvgIpc) is 3.62. The quantitative estimate of drug-likeness (QED) is 0.127. The summed E-state index contributed by atoms with van der Waals surface area (Å²) in [6.07, 6.45) is 8.73. The Labute approximate surface area is 227 Å². The van der Waals surface area contributed by atoms with E-state index in [0.717, 1.165) is 30.7 Å². The van der Waals surface area contributed by atoms with E-state index in [1.54, 1.807) is 35.9 Å². The number of anilines is 6. The monoisotopic (exact) mass is 537 g/mol. The van der Waals surface area contributed by atoms with E-state index in [9.17, 15) is 0 Å². The second-order valence-corrected chi connectivity index (χ2v) is 10.5. The summed E-state index contributed by atoms with van der Waals surface area (Å²) in [5.41, 5.74) is 15.7. The van der Waals surface area contributed by atoms with E-state index < -0.39 is 0 Å². The Bertz CT molecular complexity index is 1530. The van der Waals surface area contributed by atoms with Crippen molar-refractivity contribution in [2.75, 3.05) is 22.1 Å². The second-order valence-electron chi connectivity index (χ2n) is 8.27. The Kier molecular flexibility index (Phi) is 6.51. The third-order valence-electron chi connectivity index (χ3n) is 5.77. The van der Waals surface area contributed by atoms with Gasteiger partial charge in [0.05, 0.1) is 21.2 Å². The predicted molar refractivity (Wildman–Crippen MR) is 155 cm³/mol. The number of benzene rings is 2. The Morgan fingerprint density at radius 3 is 1.53 bits per heavy atom. The lowest BCUT2D eigenvalue weighted by Crippen LogP contribution is -1.99. The highest BCUT2D eigenvalue weighted by molar-refractivity contribution is 7.99. The van der Waals surface area contributed by atoms with Gasteiger partial charge in [0, 0.05) is 45.7 Å². The van der Waals surface area contributed by atoms with Gasteiger partial charge in [-0.1, -0.05) is 59.9 Å². The van der Waals surface area contributed by atoms with Gasteiger partial charge < -0.3 is 32.1 Å². The molecule has 6 rings (SSSR count). The van der Waals surface area contributed by atoms with Gasteiger partial charge in [0.25, 0.3) is 0 Å². The summed E-state index contributed by atoms with van der Waals surface area (Å²) in [5.74, 6) is 2.44. The molecule has 188 valence electrons. The number of nitrogens with zero attached hydrogens (tertiary/aromatic N) is 3. The van der Waals surface area contributed by atoms with Gasteiger partial charge in [0.2, 0.25) is 0 Å². The Morgan fingerprint density at radius 1 is 0.632 bits per heavy atom. The van der Waals surface area contributed by atoms with Crippen LogP contribution in [0.15, 0.2) is 111 Å². The van der Waals surface area contributed by atoms with Crippen LogP contribution in [0.1, 0.15) is 0 Å². The van der Waals surface area contributed by atoms with E-state index in [-0.39, 0.29) is 0 Å². The van der Waals surface area contributed by atoms with E-state index in [2.05, 4.69) is 35.6 Å². The minimum atomic E-state index is 0.572. The summed E-state index contributed by atoms with van der Waals surface area (Å²) in [6.45, 7) is 0. The molecule has 0 bridgehead atoms. The fraction of sp³-hybridized carbons (Fsp3) is 0. The van der Waals surface area contributed by atoms with Crippen molar-refractivity contribution in [2.45, 2.75) is 19.6 Å². The predicted octanol–water partition coefficient (Wildman–Crippen LogP) is 6.59. The number of nitrogens with two attached hydrogens (primary N) is 2. The zero-order valence-corrected chi connectivity index (χ0v) is 21.6. The van der Waals surface area contributed by atoms with Crippen molar-refractivity contribution in [2.24, 2.45) is 0 Å². The standard InChI is InChI=1S/C27H23N9S2/c28-22-20(37-16-7-3-1-4-8-16)13-31-26(22)35-24-18-11-30-12-19(18)25(34-15-33-24)36-27-23(29)21(14-32-27)38-17-9-5-2-6-10-17/h1-15,31-32H,28-29H2,(H2,33,34,35,36). The van der Waals surface area contributed by atoms with Crippen LogP contribution in [0.3, 0.4) is 0 Å². The molecule has 0 fully saturated rings. The smallest absolute Gasteiger partial charge is 0.143 e. The van der Waals surface area contributed by atoms with Crippen LogP contribution in [0.25, 0.3) is 11.1 Å². The Balaban J connectivity index is 1.23. The molecule has 4 aromatic rings. The Morgan fingerprint density at radius 2 is 1.08 bits per heavy atom. The number of rotatable bonds is 8. The third kappa shape index (κ3) is 4.84. The van der Waals surface area contributed by atoms with Crippen LogP contribution in [0.2, 0.25) is 0 Å². The van der Waals surface area contributed by atoms with Gasteiger partial charge in [0.15, 0.2) is 0 Å². The first-order valence-electron chi connectivity index (χ1n) is 11.7. The molecule has 0 unspecified atom stereocenters. The fourth-order valence-corrected chi connectivity index (χ4v) is 5.62. The summed E-state index contributed by atoms with van der Waals surface area (Å²) in [6, 6.07) is 20.2. The lowest BCUT2D eigenvalue weighted by atomic mass is 10.2. The first kappa shape index (κ1) is 23.8. The first-order valence-corrected chi connectivity index (χ1v) is 13.3. The van der Waals surface area contributed by atoms with Gasteiger partial charge in [0.1, 0.15) is 29.6 Å². The van der Waals surface area contributed by atoms with Gasteiger partial charge >= 0.3 is 0 Å². The fourth-order valence-electron chi connectivity index (χ4n) is 3.86. The zero-order chi connectivity index (χ0) is 25.9. The van der Waals surface area contributed by atoms with Gasteiger partial charge in [-0.15, -0.1) is 0 Å². The van der Waals surface area contributed by atoms with Crippen LogP contribution >= 0.6 is 23.5 Å². The SMILES string of the molecule is Nc1c(Sc2ccccc2)c[nH]c1Nc1ncnc(Nc2[nH]cc(Sc3ccccc3)c2N)c2cncc1-2. The van der Waals surface area contributed by atoms with E-state index in [1.165, 1.54) is 6.33 Å². The summed E-state index contributed by atoms with van der Waals surface area (Å²) < 4.78 is 0. The van der Waals surface area contributed by atoms with Crippen molar-refractivity contribution in [3.63, 3.8) is 0 Å². The average molecular weight is 538 g/mol. The lowest BCUT2D eigenvalue weighted by Gasteiger charge is -2.09. The molecular weight excluding hydrogens is 514 g/mol. The molecule has 0 spiro atoms. The molecule has 0 atom stereocenters. The minimum Gasteiger partial charge on any atom is -0.395 e. The highest BCUT2D eigenvalue weighted by Gasteiger charge is 2.19. The lowest BCUT2D eigenvalue weighted by molar-refractivity contribution is 1.21. The molecule has 9 nitrogen and oxygen atoms in total. The maximum absolute atomic E-state index is 6.45. The van der Waals surface area contributed by atoms with E-state index in [4.69, 9.17) is 11.5 Å². The van der Waals surface area contributed by atoms with Crippen molar-refractivity contribution in [1.82, 2.24) is 24.9 Å². The summed E-state index contributed by atoms with van der Waals surface area (Å²) in [4.78, 5) is 23.9. The van der Waals surface area contributed by atoms with E-state index in [0.29, 0.717) is 34.6 Å². The molecule has 2 aliphatic heterocycles. The van der Waals surface area contributed by atoms with Crippen LogP contribution in [0.4, 0.5) is 34.6 Å². The van der Waals surface area contributed by atoms with Gasteiger partial charge in [-0.25, -0.2) is 9.97 Å². The number of aromatic amines is 2. The van der Waals surface area contributed by atoms with Crippen molar-refractivity contribution in [3.8, 4) is 11.1 Å². The molecule has 2 aromatic carbocycles. The second kappa shape index (κ2) is 10.4. The molecule has 2 aliphatic rings. The molecule has 0 aliphatic carbocycles. The van der Waals surface area contributed by atoms with Crippen LogP contribution in [0, 0.1) is 0 Å². The van der Waals surface area contributed by atoms with Crippen LogP contribution < -0.4 is 22.1 Å². The van der Waals surface area contributed by atoms with Crippen molar-refractivity contribution < 1.29 is 0 Å². The summed E-state index contributed by atoms with van der Waals surface area (Å²) in [5, 5.41) is 6.63. The van der Waals surface area contributed by atoms with Crippen molar-refractivity contribution in [1.29, 1.82) is 0 Å². The molecule has 38 heavy (non-hydrogen) atoms. The molecule has 8 N–H and O–H groups in total. The Hall–Kier alpha value is -4.61. The van der Waals surface area contributed by atoms with Crippen molar-refractivity contribution >= 4 is 58.2 Å².